The highest BCUT2D eigenvalue weighted by Gasteiger charge is 2.21. The molecule has 0 fully saturated rings. The minimum absolute atomic E-state index is 0.205. The quantitative estimate of drug-likeness (QED) is 0.567. The summed E-state index contributed by atoms with van der Waals surface area (Å²) < 4.78 is 10.1. The summed E-state index contributed by atoms with van der Waals surface area (Å²) in [7, 11) is 0. The summed E-state index contributed by atoms with van der Waals surface area (Å²) in [5.74, 6) is 0.183. The number of benzene rings is 1. The van der Waals surface area contributed by atoms with Gasteiger partial charge < -0.3 is 9.26 Å². The fourth-order valence-electron chi connectivity index (χ4n) is 2.73. The molecule has 0 spiro atoms. The Morgan fingerprint density at radius 1 is 1.12 bits per heavy atom. The Labute approximate surface area is 148 Å². The lowest BCUT2D eigenvalue weighted by atomic mass is 9.90. The Morgan fingerprint density at radius 2 is 1.80 bits per heavy atom. The standard InChI is InChI=1S/C20H25NO4/c1-11(2)15-7-8-16(17(9-15)12(3)4)18(22)10-24-20(23)19-13(5)21-25-14(19)6/h7-9,11-12H,10H2,1-6H3. The molecule has 0 atom stereocenters. The van der Waals surface area contributed by atoms with Gasteiger partial charge in [0.15, 0.2) is 6.61 Å². The molecule has 0 amide bonds. The number of ketones is 1. The largest absolute Gasteiger partial charge is 0.454 e. The Hall–Kier alpha value is -2.43. The van der Waals surface area contributed by atoms with E-state index in [-0.39, 0.29) is 23.9 Å². The third-order valence-electron chi connectivity index (χ3n) is 4.24. The van der Waals surface area contributed by atoms with Gasteiger partial charge in [-0.3, -0.25) is 4.79 Å². The minimum Gasteiger partial charge on any atom is -0.454 e. The first-order valence-corrected chi connectivity index (χ1v) is 8.49. The molecule has 0 aliphatic carbocycles. The monoisotopic (exact) mass is 343 g/mol. The lowest BCUT2D eigenvalue weighted by Gasteiger charge is -2.15. The van der Waals surface area contributed by atoms with Crippen molar-refractivity contribution in [2.24, 2.45) is 0 Å². The van der Waals surface area contributed by atoms with E-state index >= 15 is 0 Å². The molecule has 25 heavy (non-hydrogen) atoms. The molecule has 0 saturated carbocycles. The van der Waals surface area contributed by atoms with E-state index < -0.39 is 5.97 Å². The molecule has 1 aromatic heterocycles. The number of aryl methyl sites for hydroxylation is 2. The number of carbonyl (C=O) groups excluding carboxylic acids is 2. The second-order valence-electron chi connectivity index (χ2n) is 6.85. The topological polar surface area (TPSA) is 69.4 Å². The summed E-state index contributed by atoms with van der Waals surface area (Å²) in [6.07, 6.45) is 0. The fourth-order valence-corrected chi connectivity index (χ4v) is 2.73. The van der Waals surface area contributed by atoms with E-state index in [1.165, 1.54) is 5.56 Å². The van der Waals surface area contributed by atoms with Crippen LogP contribution in [0.15, 0.2) is 22.7 Å². The average Bonchev–Trinajstić information content (AvgIpc) is 2.90. The second-order valence-corrected chi connectivity index (χ2v) is 6.85. The van der Waals surface area contributed by atoms with Crippen LogP contribution in [-0.2, 0) is 4.74 Å². The van der Waals surface area contributed by atoms with Crippen molar-refractivity contribution in [3.8, 4) is 0 Å². The number of Topliss-reactive ketones (excluding diaryl/α,β-unsaturated/α-hetero) is 1. The molecule has 0 aliphatic heterocycles. The highest BCUT2D eigenvalue weighted by Crippen LogP contribution is 2.25. The van der Waals surface area contributed by atoms with Crippen molar-refractivity contribution in [2.45, 2.75) is 53.4 Å². The number of hydrogen-bond donors (Lipinski definition) is 0. The average molecular weight is 343 g/mol. The summed E-state index contributed by atoms with van der Waals surface area (Å²) in [5.41, 5.74) is 3.51. The van der Waals surface area contributed by atoms with Crippen LogP contribution in [0, 0.1) is 13.8 Å². The molecule has 134 valence electrons. The van der Waals surface area contributed by atoms with Gasteiger partial charge in [0.25, 0.3) is 0 Å². The van der Waals surface area contributed by atoms with Crippen LogP contribution in [-0.4, -0.2) is 23.5 Å². The number of carbonyl (C=O) groups is 2. The minimum atomic E-state index is -0.588. The molecular weight excluding hydrogens is 318 g/mol. The molecule has 5 heteroatoms. The summed E-state index contributed by atoms with van der Waals surface area (Å²) >= 11 is 0. The molecule has 2 aromatic rings. The molecule has 0 N–H and O–H groups in total. The predicted octanol–water partition coefficient (Wildman–Crippen LogP) is 4.58. The van der Waals surface area contributed by atoms with Gasteiger partial charge in [0, 0.05) is 5.56 Å². The van der Waals surface area contributed by atoms with Crippen LogP contribution >= 0.6 is 0 Å². The second kappa shape index (κ2) is 7.64. The maximum atomic E-state index is 12.6. The lowest BCUT2D eigenvalue weighted by molar-refractivity contribution is 0.0472. The van der Waals surface area contributed by atoms with E-state index in [1.807, 2.05) is 26.0 Å². The number of hydrogen-bond acceptors (Lipinski definition) is 5. The number of aromatic nitrogens is 1. The first-order chi connectivity index (χ1) is 11.7. The van der Waals surface area contributed by atoms with Gasteiger partial charge in [-0.05, 0) is 36.8 Å². The third-order valence-corrected chi connectivity index (χ3v) is 4.24. The molecular formula is C20H25NO4. The first kappa shape index (κ1) is 18.9. The molecule has 0 aliphatic rings. The number of esters is 1. The van der Waals surface area contributed by atoms with Crippen molar-refractivity contribution < 1.29 is 18.8 Å². The lowest BCUT2D eigenvalue weighted by Crippen LogP contribution is -2.17. The van der Waals surface area contributed by atoms with Crippen LogP contribution in [0.25, 0.3) is 0 Å². The summed E-state index contributed by atoms with van der Waals surface area (Å²) in [6, 6.07) is 5.86. The SMILES string of the molecule is Cc1noc(C)c1C(=O)OCC(=O)c1ccc(C(C)C)cc1C(C)C. The molecule has 5 nitrogen and oxygen atoms in total. The highest BCUT2D eigenvalue weighted by atomic mass is 16.5. The maximum absolute atomic E-state index is 12.6. The van der Waals surface area contributed by atoms with Gasteiger partial charge in [0.05, 0.1) is 5.69 Å². The number of nitrogens with zero attached hydrogens (tertiary/aromatic N) is 1. The predicted molar refractivity (Wildman–Crippen MR) is 95.2 cm³/mol. The van der Waals surface area contributed by atoms with Gasteiger partial charge >= 0.3 is 5.97 Å². The Kier molecular flexibility index (Phi) is 5.77. The van der Waals surface area contributed by atoms with Gasteiger partial charge in [0.1, 0.15) is 11.3 Å². The van der Waals surface area contributed by atoms with Crippen molar-refractivity contribution in [1.29, 1.82) is 0 Å². The zero-order chi connectivity index (χ0) is 18.7. The number of rotatable bonds is 6. The van der Waals surface area contributed by atoms with Crippen molar-refractivity contribution in [1.82, 2.24) is 5.16 Å². The van der Waals surface area contributed by atoms with Gasteiger partial charge in [-0.1, -0.05) is 51.1 Å². The van der Waals surface area contributed by atoms with Crippen LogP contribution in [0.1, 0.15) is 82.8 Å². The van der Waals surface area contributed by atoms with Gasteiger partial charge in [0.2, 0.25) is 5.78 Å². The van der Waals surface area contributed by atoms with Gasteiger partial charge in [-0.2, -0.15) is 0 Å². The Balaban J connectivity index is 2.17. The normalized spacial score (nSPS) is 11.2. The molecule has 1 heterocycles. The molecule has 0 saturated heterocycles. The zero-order valence-corrected chi connectivity index (χ0v) is 15.7. The van der Waals surface area contributed by atoms with Crippen molar-refractivity contribution >= 4 is 11.8 Å². The van der Waals surface area contributed by atoms with Crippen molar-refractivity contribution in [3.05, 3.63) is 51.9 Å². The molecule has 2 rings (SSSR count). The maximum Gasteiger partial charge on any atom is 0.344 e. The van der Waals surface area contributed by atoms with Crippen LogP contribution in [0.3, 0.4) is 0 Å². The van der Waals surface area contributed by atoms with E-state index in [1.54, 1.807) is 13.8 Å². The van der Waals surface area contributed by atoms with Crippen molar-refractivity contribution in [3.63, 3.8) is 0 Å². The number of ether oxygens (including phenoxy) is 1. The van der Waals surface area contributed by atoms with Gasteiger partial charge in [-0.15, -0.1) is 0 Å². The zero-order valence-electron chi connectivity index (χ0n) is 15.7. The van der Waals surface area contributed by atoms with Crippen LogP contribution in [0.2, 0.25) is 0 Å². The third kappa shape index (κ3) is 4.16. The van der Waals surface area contributed by atoms with Crippen LogP contribution in [0.5, 0.6) is 0 Å². The first-order valence-electron chi connectivity index (χ1n) is 8.49. The molecule has 0 unspecified atom stereocenters. The van der Waals surface area contributed by atoms with Crippen molar-refractivity contribution in [2.75, 3.05) is 6.61 Å². The van der Waals surface area contributed by atoms with E-state index in [9.17, 15) is 9.59 Å². The summed E-state index contributed by atoms with van der Waals surface area (Å²) in [4.78, 5) is 24.7. The van der Waals surface area contributed by atoms with E-state index in [2.05, 4.69) is 25.1 Å². The summed E-state index contributed by atoms with van der Waals surface area (Å²) in [6.45, 7) is 11.3. The van der Waals surface area contributed by atoms with Crippen LogP contribution < -0.4 is 0 Å². The highest BCUT2D eigenvalue weighted by molar-refractivity contribution is 6.01. The van der Waals surface area contributed by atoms with E-state index in [0.29, 0.717) is 22.9 Å². The smallest absolute Gasteiger partial charge is 0.344 e. The molecule has 0 radical (unpaired) electrons. The van der Waals surface area contributed by atoms with E-state index in [4.69, 9.17) is 9.26 Å². The fraction of sp³-hybridized carbons (Fsp3) is 0.450. The Bertz CT molecular complexity index is 767. The summed E-state index contributed by atoms with van der Waals surface area (Å²) in [5, 5.41) is 3.73. The van der Waals surface area contributed by atoms with E-state index in [0.717, 1.165) is 5.56 Å². The molecule has 0 bridgehead atoms. The molecule has 1 aromatic carbocycles. The Morgan fingerprint density at radius 3 is 2.32 bits per heavy atom. The van der Waals surface area contributed by atoms with Gasteiger partial charge in [-0.25, -0.2) is 4.79 Å². The van der Waals surface area contributed by atoms with Crippen LogP contribution in [0.4, 0.5) is 0 Å².